The Bertz CT molecular complexity index is 609. The Labute approximate surface area is 124 Å². The van der Waals surface area contributed by atoms with Gasteiger partial charge in [0.25, 0.3) is 5.95 Å². The summed E-state index contributed by atoms with van der Waals surface area (Å²) in [7, 11) is 0. The summed E-state index contributed by atoms with van der Waals surface area (Å²) in [6.45, 7) is 10.4. The van der Waals surface area contributed by atoms with Gasteiger partial charge in [-0.2, -0.15) is 19.6 Å². The molecular formula is C13H21N7O. The second-order valence-corrected chi connectivity index (χ2v) is 4.95. The minimum atomic E-state index is -0.0159. The molecule has 114 valence electrons. The number of aromatic nitrogens is 6. The van der Waals surface area contributed by atoms with Crippen molar-refractivity contribution < 1.29 is 4.74 Å². The fourth-order valence-electron chi connectivity index (χ4n) is 1.73. The Kier molecular flexibility index (Phi) is 4.66. The van der Waals surface area contributed by atoms with E-state index >= 15 is 0 Å². The first-order valence-electron chi connectivity index (χ1n) is 7.06. The molecule has 2 rings (SSSR count). The average molecular weight is 291 g/mol. The molecule has 0 aliphatic heterocycles. The molecule has 21 heavy (non-hydrogen) atoms. The van der Waals surface area contributed by atoms with Crippen LogP contribution in [0.2, 0.25) is 0 Å². The summed E-state index contributed by atoms with van der Waals surface area (Å²) in [4.78, 5) is 17.2. The van der Waals surface area contributed by atoms with Crippen LogP contribution in [0, 0.1) is 13.8 Å². The molecule has 8 nitrogen and oxygen atoms in total. The van der Waals surface area contributed by atoms with E-state index in [4.69, 9.17) is 4.74 Å². The fourth-order valence-corrected chi connectivity index (χ4v) is 1.73. The molecule has 0 saturated carbocycles. The highest BCUT2D eigenvalue weighted by Gasteiger charge is 2.13. The van der Waals surface area contributed by atoms with Crippen LogP contribution in [-0.2, 0) is 0 Å². The zero-order valence-corrected chi connectivity index (χ0v) is 13.1. The molecule has 8 heteroatoms. The van der Waals surface area contributed by atoms with Gasteiger partial charge in [0.15, 0.2) is 0 Å². The summed E-state index contributed by atoms with van der Waals surface area (Å²) in [5.41, 5.74) is 0. The van der Waals surface area contributed by atoms with Gasteiger partial charge < -0.3 is 10.1 Å². The van der Waals surface area contributed by atoms with Crippen LogP contribution in [0.5, 0.6) is 6.01 Å². The van der Waals surface area contributed by atoms with E-state index < -0.39 is 0 Å². The molecule has 0 atom stereocenters. The van der Waals surface area contributed by atoms with Crippen LogP contribution in [0.4, 0.5) is 5.95 Å². The maximum atomic E-state index is 5.58. The molecule has 0 amide bonds. The van der Waals surface area contributed by atoms with E-state index in [2.05, 4.69) is 37.3 Å². The van der Waals surface area contributed by atoms with Crippen LogP contribution in [0.15, 0.2) is 0 Å². The van der Waals surface area contributed by atoms with Crippen molar-refractivity contribution in [1.29, 1.82) is 0 Å². The molecule has 0 aromatic carbocycles. The Morgan fingerprint density at radius 1 is 1.14 bits per heavy atom. The lowest BCUT2D eigenvalue weighted by molar-refractivity contribution is 0.221. The van der Waals surface area contributed by atoms with Crippen LogP contribution in [0.1, 0.15) is 38.8 Å². The van der Waals surface area contributed by atoms with Crippen molar-refractivity contribution in [1.82, 2.24) is 29.7 Å². The zero-order valence-electron chi connectivity index (χ0n) is 13.1. The van der Waals surface area contributed by atoms with Crippen molar-refractivity contribution >= 4 is 5.95 Å². The van der Waals surface area contributed by atoms with Gasteiger partial charge in [-0.25, -0.2) is 4.98 Å². The number of anilines is 1. The van der Waals surface area contributed by atoms with Crippen molar-refractivity contribution in [2.45, 2.75) is 47.1 Å². The molecular weight excluding hydrogens is 270 g/mol. The number of hydrogen-bond donors (Lipinski definition) is 1. The van der Waals surface area contributed by atoms with Crippen molar-refractivity contribution in [3.05, 3.63) is 11.6 Å². The van der Waals surface area contributed by atoms with Crippen LogP contribution in [0.3, 0.4) is 0 Å². The first-order chi connectivity index (χ1) is 9.99. The largest absolute Gasteiger partial charge is 0.461 e. The third-order valence-electron chi connectivity index (χ3n) is 2.54. The summed E-state index contributed by atoms with van der Waals surface area (Å²) in [5.74, 6) is 2.26. The molecule has 0 saturated heterocycles. The van der Waals surface area contributed by atoms with Gasteiger partial charge in [-0.1, -0.05) is 6.92 Å². The van der Waals surface area contributed by atoms with Gasteiger partial charge >= 0.3 is 6.01 Å². The summed E-state index contributed by atoms with van der Waals surface area (Å²) in [5, 5.41) is 7.43. The van der Waals surface area contributed by atoms with E-state index in [0.29, 0.717) is 17.7 Å². The minimum Gasteiger partial charge on any atom is -0.461 e. The Morgan fingerprint density at radius 3 is 2.48 bits per heavy atom. The van der Waals surface area contributed by atoms with Crippen LogP contribution in [-0.4, -0.2) is 42.4 Å². The van der Waals surface area contributed by atoms with Crippen molar-refractivity contribution in [2.24, 2.45) is 0 Å². The normalized spacial score (nSPS) is 11.0. The summed E-state index contributed by atoms with van der Waals surface area (Å²) in [6.07, 6.45) is 0.959. The minimum absolute atomic E-state index is 0.0159. The van der Waals surface area contributed by atoms with E-state index in [1.807, 2.05) is 27.7 Å². The van der Waals surface area contributed by atoms with Crippen LogP contribution < -0.4 is 10.1 Å². The average Bonchev–Trinajstić information content (AvgIpc) is 2.74. The molecule has 1 N–H and O–H groups in total. The van der Waals surface area contributed by atoms with Crippen molar-refractivity contribution in [2.75, 3.05) is 11.9 Å². The lowest BCUT2D eigenvalue weighted by Crippen LogP contribution is -2.15. The van der Waals surface area contributed by atoms with Gasteiger partial charge in [0.2, 0.25) is 5.95 Å². The van der Waals surface area contributed by atoms with E-state index in [9.17, 15) is 0 Å². The van der Waals surface area contributed by atoms with E-state index in [0.717, 1.165) is 18.8 Å². The molecule has 2 aromatic rings. The highest BCUT2D eigenvalue weighted by molar-refractivity contribution is 5.30. The van der Waals surface area contributed by atoms with Crippen molar-refractivity contribution in [3.8, 4) is 12.0 Å². The number of rotatable bonds is 6. The molecule has 0 bridgehead atoms. The highest BCUT2D eigenvalue weighted by atomic mass is 16.5. The lowest BCUT2D eigenvalue weighted by Gasteiger charge is -2.11. The Hall–Kier alpha value is -2.25. The van der Waals surface area contributed by atoms with Gasteiger partial charge in [-0.05, 0) is 34.1 Å². The maximum absolute atomic E-state index is 5.58. The number of ether oxygens (including phenoxy) is 1. The summed E-state index contributed by atoms with van der Waals surface area (Å²) >= 11 is 0. The first-order valence-corrected chi connectivity index (χ1v) is 7.06. The second kappa shape index (κ2) is 6.47. The van der Waals surface area contributed by atoms with Gasteiger partial charge in [0.05, 0.1) is 6.10 Å². The Balaban J connectivity index is 2.41. The number of nitrogens with one attached hydrogen (secondary N) is 1. The predicted octanol–water partition coefficient (Wildman–Crippen LogP) is 1.68. The van der Waals surface area contributed by atoms with Gasteiger partial charge in [-0.3, -0.25) is 0 Å². The number of nitrogens with zero attached hydrogens (tertiary/aromatic N) is 6. The van der Waals surface area contributed by atoms with E-state index in [-0.39, 0.29) is 12.1 Å². The van der Waals surface area contributed by atoms with Gasteiger partial charge in [0, 0.05) is 6.54 Å². The molecule has 0 radical (unpaired) electrons. The number of aryl methyl sites for hydroxylation is 2. The van der Waals surface area contributed by atoms with Crippen LogP contribution >= 0.6 is 0 Å². The van der Waals surface area contributed by atoms with Crippen LogP contribution in [0.25, 0.3) is 5.95 Å². The molecule has 0 unspecified atom stereocenters. The molecule has 2 heterocycles. The monoisotopic (exact) mass is 291 g/mol. The van der Waals surface area contributed by atoms with Crippen molar-refractivity contribution in [3.63, 3.8) is 0 Å². The molecule has 2 aromatic heterocycles. The number of hydrogen-bond acceptors (Lipinski definition) is 7. The topological polar surface area (TPSA) is 90.6 Å². The fraction of sp³-hybridized carbons (Fsp3) is 0.615. The third kappa shape index (κ3) is 3.87. The molecule has 0 fully saturated rings. The van der Waals surface area contributed by atoms with Gasteiger partial charge in [-0.15, -0.1) is 5.10 Å². The maximum Gasteiger partial charge on any atom is 0.323 e. The van der Waals surface area contributed by atoms with Gasteiger partial charge in [0.1, 0.15) is 11.6 Å². The SMILES string of the molecule is CCCNc1nc(OC(C)C)nc(-n2nc(C)nc2C)n1. The first kappa shape index (κ1) is 15.1. The quantitative estimate of drug-likeness (QED) is 0.865. The van der Waals surface area contributed by atoms with E-state index in [1.165, 1.54) is 0 Å². The second-order valence-electron chi connectivity index (χ2n) is 4.95. The highest BCUT2D eigenvalue weighted by Crippen LogP contribution is 2.13. The van der Waals surface area contributed by atoms with E-state index in [1.54, 1.807) is 4.68 Å². The smallest absolute Gasteiger partial charge is 0.323 e. The summed E-state index contributed by atoms with van der Waals surface area (Å²) in [6, 6.07) is 0.279. The molecule has 0 aliphatic carbocycles. The standard InChI is InChI=1S/C13H21N7O/c1-6-7-14-11-16-12(18-13(17-11)21-8(2)3)20-10(5)15-9(4)19-20/h8H,6-7H2,1-5H3,(H,14,16,17,18). The summed E-state index contributed by atoms with van der Waals surface area (Å²) < 4.78 is 7.16. The zero-order chi connectivity index (χ0) is 15.4. The predicted molar refractivity (Wildman–Crippen MR) is 78.8 cm³/mol. The lowest BCUT2D eigenvalue weighted by atomic mass is 10.5. The Morgan fingerprint density at radius 2 is 1.90 bits per heavy atom. The molecule has 0 aliphatic rings. The molecule has 0 spiro atoms. The third-order valence-corrected chi connectivity index (χ3v) is 2.54.